The van der Waals surface area contributed by atoms with Crippen molar-refractivity contribution in [2.75, 3.05) is 0 Å². The second-order valence-electron chi connectivity index (χ2n) is 11.1. The Balaban J connectivity index is 1.74. The first-order valence-electron chi connectivity index (χ1n) is 13.4. The van der Waals surface area contributed by atoms with Crippen LogP contribution in [0.25, 0.3) is 43.4 Å². The minimum Gasteiger partial charge on any atom is -0.301 e. The molecular weight excluding hydrogens is 459 g/mol. The van der Waals surface area contributed by atoms with E-state index in [-0.39, 0.29) is 6.10 Å². The van der Waals surface area contributed by atoms with Gasteiger partial charge in [0, 0.05) is 24.9 Å². The lowest BCUT2D eigenvalue weighted by Gasteiger charge is -2.37. The zero-order chi connectivity index (χ0) is 25.0. The average Bonchev–Trinajstić information content (AvgIpc) is 2.97. The molecule has 4 heteroatoms. The van der Waals surface area contributed by atoms with E-state index >= 15 is 0 Å². The Bertz CT molecular complexity index is 1530. The molecule has 6 rings (SSSR count). The highest BCUT2D eigenvalue weighted by atomic mass is 31.1. The lowest BCUT2D eigenvalue weighted by atomic mass is 9.75. The molecule has 0 spiro atoms. The number of fused-ring (bicyclic) bond motifs is 7. The molecule has 1 aliphatic rings. The highest BCUT2D eigenvalue weighted by molar-refractivity contribution is 7.37. The first-order valence-corrected chi connectivity index (χ1v) is 14.6. The summed E-state index contributed by atoms with van der Waals surface area (Å²) in [6.45, 7) is 7.13. The van der Waals surface area contributed by atoms with E-state index in [4.69, 9.17) is 4.52 Å². The summed E-state index contributed by atoms with van der Waals surface area (Å²) in [7, 11) is 3.44. The standard InChI is InChI=1S/C32H37N2OP/c1-21(2)25-17-14-22(3)20-30(25)35-36-33(4)28-18-15-23-10-6-8-12-26(23)31(28)32-27-13-9-7-11-24(27)16-19-29(32)34(36)5/h6-13,15-16,18-19,21-22,25,30H,14,17,20H2,1-5H3. The fourth-order valence-corrected chi connectivity index (χ4v) is 8.34. The van der Waals surface area contributed by atoms with Crippen LogP contribution >= 0.6 is 8.08 Å². The van der Waals surface area contributed by atoms with Crippen molar-refractivity contribution in [3.63, 3.8) is 0 Å². The van der Waals surface area contributed by atoms with Crippen LogP contribution in [0, 0.1) is 17.8 Å². The van der Waals surface area contributed by atoms with Gasteiger partial charge >= 0.3 is 0 Å². The van der Waals surface area contributed by atoms with E-state index in [2.05, 4.69) is 116 Å². The fourth-order valence-electron chi connectivity index (χ4n) is 6.47. The molecule has 1 saturated carbocycles. The summed E-state index contributed by atoms with van der Waals surface area (Å²) in [5.74, 6) is 1.96. The SMILES string of the molecule is CC1CCC(C(C)C)C(Op2n(C)c3ccc4ccccc4c3c3c4ccccc4ccc3n2C)C1. The summed E-state index contributed by atoms with van der Waals surface area (Å²) in [4.78, 5) is 0. The molecule has 0 saturated heterocycles. The predicted molar refractivity (Wildman–Crippen MR) is 156 cm³/mol. The third-order valence-electron chi connectivity index (χ3n) is 8.47. The van der Waals surface area contributed by atoms with Crippen molar-refractivity contribution in [1.82, 2.24) is 8.66 Å². The number of benzene rings is 4. The molecule has 3 unspecified atom stereocenters. The Kier molecular flexibility index (Phi) is 6.10. The summed E-state index contributed by atoms with van der Waals surface area (Å²) >= 11 is 0. The van der Waals surface area contributed by atoms with Crippen LogP contribution in [-0.2, 0) is 14.1 Å². The largest absolute Gasteiger partial charge is 0.301 e. The molecule has 0 radical (unpaired) electrons. The molecule has 0 bridgehead atoms. The third-order valence-corrected chi connectivity index (χ3v) is 10.4. The number of aromatic nitrogens is 2. The van der Waals surface area contributed by atoms with Gasteiger partial charge in [0.25, 0.3) is 0 Å². The maximum atomic E-state index is 7.24. The van der Waals surface area contributed by atoms with Gasteiger partial charge in [-0.25, -0.2) is 0 Å². The maximum Gasteiger partial charge on any atom is 0.175 e. The minimum atomic E-state index is -1.03. The monoisotopic (exact) mass is 496 g/mol. The van der Waals surface area contributed by atoms with Gasteiger partial charge in [0.2, 0.25) is 0 Å². The zero-order valence-electron chi connectivity index (χ0n) is 22.1. The van der Waals surface area contributed by atoms with Crippen molar-refractivity contribution in [1.29, 1.82) is 0 Å². The molecule has 4 aromatic carbocycles. The van der Waals surface area contributed by atoms with Gasteiger partial charge in [-0.1, -0.05) is 87.9 Å². The van der Waals surface area contributed by atoms with Gasteiger partial charge in [0.15, 0.2) is 8.08 Å². The highest BCUT2D eigenvalue weighted by Crippen LogP contribution is 2.42. The van der Waals surface area contributed by atoms with Gasteiger partial charge in [-0.2, -0.15) is 0 Å². The Morgan fingerprint density at radius 3 is 1.81 bits per heavy atom. The van der Waals surface area contributed by atoms with Gasteiger partial charge in [-0.05, 0) is 64.3 Å². The fraction of sp³-hybridized carbons (Fsp3) is 0.375. The van der Waals surface area contributed by atoms with E-state index in [1.54, 1.807) is 0 Å². The molecule has 0 amide bonds. The Hall–Kier alpha value is -2.74. The molecule has 5 aromatic rings. The van der Waals surface area contributed by atoms with Crippen molar-refractivity contribution in [3.05, 3.63) is 72.8 Å². The van der Waals surface area contributed by atoms with E-state index in [0.29, 0.717) is 11.8 Å². The first-order chi connectivity index (χ1) is 17.4. The Morgan fingerprint density at radius 2 is 1.28 bits per heavy atom. The number of hydrogen-bond donors (Lipinski definition) is 0. The zero-order valence-corrected chi connectivity index (χ0v) is 23.0. The second-order valence-corrected chi connectivity index (χ2v) is 13.0. The number of aryl methyl sites for hydroxylation is 2. The molecule has 3 atom stereocenters. The molecular formula is C32H37N2OP. The van der Waals surface area contributed by atoms with E-state index in [1.165, 1.54) is 56.2 Å². The average molecular weight is 497 g/mol. The first kappa shape index (κ1) is 23.6. The molecule has 0 N–H and O–H groups in total. The molecule has 1 fully saturated rings. The van der Waals surface area contributed by atoms with Crippen LogP contribution in [0.5, 0.6) is 0 Å². The van der Waals surface area contributed by atoms with Gasteiger partial charge < -0.3 is 4.52 Å². The van der Waals surface area contributed by atoms with Crippen molar-refractivity contribution in [3.8, 4) is 0 Å². The molecule has 1 heterocycles. The summed E-state index contributed by atoms with van der Waals surface area (Å²) < 4.78 is 12.1. The van der Waals surface area contributed by atoms with Crippen molar-refractivity contribution in [2.45, 2.75) is 46.1 Å². The highest BCUT2D eigenvalue weighted by Gasteiger charge is 2.33. The normalized spacial score (nSPS) is 20.7. The van der Waals surface area contributed by atoms with Crippen LogP contribution in [0.3, 0.4) is 0 Å². The maximum absolute atomic E-state index is 7.24. The lowest BCUT2D eigenvalue weighted by molar-refractivity contribution is 0.0800. The van der Waals surface area contributed by atoms with Gasteiger partial charge in [-0.15, -0.1) is 0 Å². The minimum absolute atomic E-state index is 0.288. The van der Waals surface area contributed by atoms with E-state index < -0.39 is 8.08 Å². The number of hydrogen-bond acceptors (Lipinski definition) is 1. The van der Waals surface area contributed by atoms with Gasteiger partial charge in [-0.3, -0.25) is 8.66 Å². The van der Waals surface area contributed by atoms with Crippen molar-refractivity contribution >= 4 is 51.4 Å². The van der Waals surface area contributed by atoms with Crippen LogP contribution < -0.4 is 4.52 Å². The molecule has 186 valence electrons. The van der Waals surface area contributed by atoms with E-state index in [1.807, 2.05) is 0 Å². The molecule has 1 aliphatic carbocycles. The summed E-state index contributed by atoms with van der Waals surface area (Å²) in [6.07, 6.45) is 4.02. The van der Waals surface area contributed by atoms with Gasteiger partial charge in [0.05, 0.1) is 17.1 Å². The molecule has 36 heavy (non-hydrogen) atoms. The summed E-state index contributed by atoms with van der Waals surface area (Å²) in [5, 5.41) is 7.80. The second kappa shape index (κ2) is 9.29. The topological polar surface area (TPSA) is 19.1 Å². The smallest absolute Gasteiger partial charge is 0.175 e. The predicted octanol–water partition coefficient (Wildman–Crippen LogP) is 8.98. The Labute approximate surface area is 215 Å². The van der Waals surface area contributed by atoms with Crippen molar-refractivity contribution in [2.24, 2.45) is 31.8 Å². The van der Waals surface area contributed by atoms with Crippen LogP contribution in [0.1, 0.15) is 40.0 Å². The molecule has 1 aromatic heterocycles. The van der Waals surface area contributed by atoms with Crippen LogP contribution in [0.4, 0.5) is 0 Å². The summed E-state index contributed by atoms with van der Waals surface area (Å²) in [6, 6.07) is 26.8. The van der Waals surface area contributed by atoms with Gasteiger partial charge in [0.1, 0.15) is 0 Å². The summed E-state index contributed by atoms with van der Waals surface area (Å²) in [5.41, 5.74) is 2.51. The van der Waals surface area contributed by atoms with Crippen LogP contribution in [0.15, 0.2) is 72.8 Å². The number of nitrogens with zero attached hydrogens (tertiary/aromatic N) is 2. The quantitative estimate of drug-likeness (QED) is 0.244. The van der Waals surface area contributed by atoms with E-state index in [0.717, 1.165) is 12.3 Å². The van der Waals surface area contributed by atoms with Crippen molar-refractivity contribution < 1.29 is 4.52 Å². The third kappa shape index (κ3) is 3.85. The molecule has 3 nitrogen and oxygen atoms in total. The molecule has 0 aliphatic heterocycles. The van der Waals surface area contributed by atoms with Crippen LogP contribution in [-0.4, -0.2) is 14.8 Å². The van der Waals surface area contributed by atoms with E-state index in [9.17, 15) is 0 Å². The number of rotatable bonds is 3. The lowest BCUT2D eigenvalue weighted by Crippen LogP contribution is -2.36. The Morgan fingerprint density at radius 1 is 0.750 bits per heavy atom. The van der Waals surface area contributed by atoms with Crippen LogP contribution in [0.2, 0.25) is 0 Å².